The predicted molar refractivity (Wildman–Crippen MR) is 125 cm³/mol. The molecule has 0 atom stereocenters. The molecule has 1 aliphatic heterocycles. The summed E-state index contributed by atoms with van der Waals surface area (Å²) in [5.74, 6) is 1.13. The van der Waals surface area contributed by atoms with Crippen LogP contribution in [0.5, 0.6) is 17.2 Å². The number of benzene rings is 3. The lowest BCUT2D eigenvalue weighted by Gasteiger charge is -2.19. The van der Waals surface area contributed by atoms with E-state index in [1.54, 1.807) is 18.2 Å². The van der Waals surface area contributed by atoms with Gasteiger partial charge in [0.1, 0.15) is 11.5 Å². The van der Waals surface area contributed by atoms with Crippen molar-refractivity contribution in [2.75, 3.05) is 6.79 Å². The summed E-state index contributed by atoms with van der Waals surface area (Å²) in [5.41, 5.74) is 2.82. The fourth-order valence-corrected chi connectivity index (χ4v) is 4.76. The number of carbonyl (C=O) groups excluding carboxylic acids is 1. The van der Waals surface area contributed by atoms with Crippen LogP contribution in [0.25, 0.3) is 11.1 Å². The van der Waals surface area contributed by atoms with Gasteiger partial charge in [0.05, 0.1) is 5.41 Å². The monoisotopic (exact) mass is 482 g/mol. The maximum absolute atomic E-state index is 13.5. The quantitative estimate of drug-likeness (QED) is 0.366. The van der Waals surface area contributed by atoms with Gasteiger partial charge in [0.25, 0.3) is 0 Å². The van der Waals surface area contributed by atoms with Crippen LogP contribution in [0.4, 0.5) is 13.2 Å². The van der Waals surface area contributed by atoms with E-state index >= 15 is 0 Å². The Morgan fingerprint density at radius 2 is 1.71 bits per heavy atom. The van der Waals surface area contributed by atoms with E-state index in [9.17, 15) is 18.0 Å². The fourth-order valence-electron chi connectivity index (χ4n) is 4.76. The average Bonchev–Trinajstić information content (AvgIpc) is 3.50. The molecular formula is C28H25F3O4. The van der Waals surface area contributed by atoms with E-state index in [-0.39, 0.29) is 30.7 Å². The van der Waals surface area contributed by atoms with Crippen molar-refractivity contribution in [3.63, 3.8) is 0 Å². The van der Waals surface area contributed by atoms with Gasteiger partial charge in [-0.1, -0.05) is 50.2 Å². The molecule has 0 saturated heterocycles. The number of ether oxygens (including phenoxy) is 3. The summed E-state index contributed by atoms with van der Waals surface area (Å²) in [6.45, 7) is 4.13. The van der Waals surface area contributed by atoms with E-state index in [4.69, 9.17) is 9.47 Å². The van der Waals surface area contributed by atoms with E-state index in [2.05, 4.69) is 4.74 Å². The van der Waals surface area contributed by atoms with Gasteiger partial charge in [0.2, 0.25) is 6.79 Å². The van der Waals surface area contributed by atoms with Crippen molar-refractivity contribution in [1.29, 1.82) is 0 Å². The molecule has 35 heavy (non-hydrogen) atoms. The van der Waals surface area contributed by atoms with Gasteiger partial charge in [0, 0.05) is 12.0 Å². The number of Topliss-reactive ketones (excluding diaryl/α,β-unsaturated/α-hetero) is 1. The number of halogens is 3. The van der Waals surface area contributed by atoms with Gasteiger partial charge in [-0.3, -0.25) is 4.79 Å². The lowest BCUT2D eigenvalue weighted by Crippen LogP contribution is -2.22. The zero-order valence-corrected chi connectivity index (χ0v) is 19.4. The van der Waals surface area contributed by atoms with E-state index < -0.39 is 11.8 Å². The molecule has 0 bridgehead atoms. The van der Waals surface area contributed by atoms with Crippen LogP contribution >= 0.6 is 0 Å². The minimum atomic E-state index is -4.82. The first-order valence-corrected chi connectivity index (χ1v) is 11.6. The Kier molecular flexibility index (Phi) is 5.74. The van der Waals surface area contributed by atoms with Crippen LogP contribution in [-0.4, -0.2) is 18.9 Å². The molecule has 0 spiro atoms. The van der Waals surface area contributed by atoms with E-state index in [1.807, 2.05) is 44.2 Å². The highest BCUT2D eigenvalue weighted by Gasteiger charge is 2.50. The fraction of sp³-hybridized carbons (Fsp3) is 0.321. The molecule has 1 saturated carbocycles. The van der Waals surface area contributed by atoms with Gasteiger partial charge >= 0.3 is 6.36 Å². The molecule has 0 amide bonds. The lowest BCUT2D eigenvalue weighted by molar-refractivity contribution is -0.274. The van der Waals surface area contributed by atoms with Crippen molar-refractivity contribution in [3.05, 3.63) is 77.4 Å². The number of carbonyl (C=O) groups is 1. The molecule has 182 valence electrons. The average molecular weight is 482 g/mol. The Hall–Kier alpha value is -3.48. The molecule has 1 heterocycles. The predicted octanol–water partition coefficient (Wildman–Crippen LogP) is 6.95. The second-order valence-electron chi connectivity index (χ2n) is 9.37. The maximum atomic E-state index is 13.5. The van der Waals surface area contributed by atoms with Crippen LogP contribution in [0.3, 0.4) is 0 Å². The Morgan fingerprint density at radius 1 is 0.971 bits per heavy atom. The molecule has 1 fully saturated rings. The zero-order chi connectivity index (χ0) is 24.8. The second-order valence-corrected chi connectivity index (χ2v) is 9.37. The molecule has 0 aromatic heterocycles. The topological polar surface area (TPSA) is 44.8 Å². The van der Waals surface area contributed by atoms with Crippen LogP contribution in [-0.2, 0) is 16.6 Å². The van der Waals surface area contributed by atoms with Crippen molar-refractivity contribution < 1.29 is 32.2 Å². The standard InChI is InChI=1S/C28H25F3O4/c1-17(2)20-5-3-4-6-21(20)22-13-18(7-9-23(22)35-28(29,30)31)14-26(32)27(11-12-27)19-8-10-24-25(15-19)34-16-33-24/h3-10,13,15,17H,11-12,14,16H2,1-2H3. The number of hydrogen-bond acceptors (Lipinski definition) is 4. The number of ketones is 1. The third-order valence-corrected chi connectivity index (χ3v) is 6.72. The van der Waals surface area contributed by atoms with Gasteiger partial charge in [-0.25, -0.2) is 0 Å². The molecule has 0 unspecified atom stereocenters. The normalized spacial score (nSPS) is 15.8. The van der Waals surface area contributed by atoms with Crippen molar-refractivity contribution in [2.45, 2.75) is 50.8 Å². The van der Waals surface area contributed by atoms with Gasteiger partial charge < -0.3 is 14.2 Å². The third-order valence-electron chi connectivity index (χ3n) is 6.72. The second kappa shape index (κ2) is 8.63. The number of hydrogen-bond donors (Lipinski definition) is 0. The lowest BCUT2D eigenvalue weighted by atomic mass is 9.86. The summed E-state index contributed by atoms with van der Waals surface area (Å²) in [4.78, 5) is 13.5. The number of alkyl halides is 3. The van der Waals surface area contributed by atoms with Crippen LogP contribution in [0, 0.1) is 0 Å². The Labute approximate surface area is 201 Å². The van der Waals surface area contributed by atoms with E-state index in [1.165, 1.54) is 12.1 Å². The molecular weight excluding hydrogens is 457 g/mol. The first kappa shape index (κ1) is 23.3. The molecule has 0 radical (unpaired) electrons. The van der Waals surface area contributed by atoms with E-state index in [0.717, 1.165) is 24.0 Å². The summed E-state index contributed by atoms with van der Waals surface area (Å²) < 4.78 is 54.7. The molecule has 3 aromatic carbocycles. The summed E-state index contributed by atoms with van der Waals surface area (Å²) in [6.07, 6.45) is -3.26. The highest BCUT2D eigenvalue weighted by molar-refractivity contribution is 5.95. The SMILES string of the molecule is CC(C)c1ccccc1-c1cc(CC(=O)C2(c3ccc4c(c3)OCO4)CC2)ccc1OC(F)(F)F. The van der Waals surface area contributed by atoms with Crippen molar-refractivity contribution in [1.82, 2.24) is 0 Å². The van der Waals surface area contributed by atoms with E-state index in [0.29, 0.717) is 28.2 Å². The smallest absolute Gasteiger partial charge is 0.454 e. The summed E-state index contributed by atoms with van der Waals surface area (Å²) in [7, 11) is 0. The largest absolute Gasteiger partial charge is 0.573 e. The molecule has 3 aromatic rings. The van der Waals surface area contributed by atoms with Crippen molar-refractivity contribution >= 4 is 5.78 Å². The molecule has 4 nitrogen and oxygen atoms in total. The third kappa shape index (κ3) is 4.59. The first-order chi connectivity index (χ1) is 16.7. The van der Waals surface area contributed by atoms with Gasteiger partial charge in [-0.15, -0.1) is 13.2 Å². The Bertz CT molecular complexity index is 1280. The van der Waals surface area contributed by atoms with Crippen LogP contribution in [0.1, 0.15) is 49.3 Å². The Balaban J connectivity index is 1.48. The highest BCUT2D eigenvalue weighted by atomic mass is 19.4. The Morgan fingerprint density at radius 3 is 2.43 bits per heavy atom. The molecule has 1 aliphatic carbocycles. The molecule has 5 rings (SSSR count). The van der Waals surface area contributed by atoms with Crippen LogP contribution in [0.15, 0.2) is 60.7 Å². The molecule has 0 N–H and O–H groups in total. The van der Waals surface area contributed by atoms with Crippen molar-refractivity contribution in [3.8, 4) is 28.4 Å². The van der Waals surface area contributed by atoms with Gasteiger partial charge in [-0.05, 0) is 65.3 Å². The molecule has 7 heteroatoms. The summed E-state index contributed by atoms with van der Waals surface area (Å²) >= 11 is 0. The van der Waals surface area contributed by atoms with Gasteiger partial charge in [0.15, 0.2) is 11.5 Å². The zero-order valence-electron chi connectivity index (χ0n) is 19.4. The number of rotatable bonds is 7. The minimum Gasteiger partial charge on any atom is -0.454 e. The summed E-state index contributed by atoms with van der Waals surface area (Å²) in [5, 5.41) is 0. The maximum Gasteiger partial charge on any atom is 0.573 e. The number of fused-ring (bicyclic) bond motifs is 1. The minimum absolute atomic E-state index is 0.0314. The summed E-state index contributed by atoms with van der Waals surface area (Å²) in [6, 6.07) is 17.4. The highest BCUT2D eigenvalue weighted by Crippen LogP contribution is 2.51. The van der Waals surface area contributed by atoms with Crippen molar-refractivity contribution in [2.24, 2.45) is 0 Å². The first-order valence-electron chi connectivity index (χ1n) is 11.6. The van der Waals surface area contributed by atoms with Gasteiger partial charge in [-0.2, -0.15) is 0 Å². The van der Waals surface area contributed by atoms with Crippen LogP contribution in [0.2, 0.25) is 0 Å². The molecule has 2 aliphatic rings. The van der Waals surface area contributed by atoms with Crippen LogP contribution < -0.4 is 14.2 Å².